The van der Waals surface area contributed by atoms with Crippen LogP contribution in [-0.2, 0) is 16.1 Å². The average Bonchev–Trinajstić information content (AvgIpc) is 3.22. The summed E-state index contributed by atoms with van der Waals surface area (Å²) in [5, 5.41) is 43.4. The van der Waals surface area contributed by atoms with Gasteiger partial charge in [-0.1, -0.05) is 6.92 Å². The Kier molecular flexibility index (Phi) is 8.31. The van der Waals surface area contributed by atoms with Crippen LogP contribution < -0.4 is 9.92 Å². The highest BCUT2D eigenvalue weighted by atomic mass is 16.4. The first-order valence-corrected chi connectivity index (χ1v) is 9.21. The zero-order valence-electron chi connectivity index (χ0n) is 16.6. The summed E-state index contributed by atoms with van der Waals surface area (Å²) in [6, 6.07) is 2.20. The van der Waals surface area contributed by atoms with Gasteiger partial charge >= 0.3 is 18.0 Å². The molecule has 2 rings (SSSR count). The number of carboxylic acid groups (broad SMARTS) is 3. The predicted octanol–water partition coefficient (Wildman–Crippen LogP) is 0.980. The van der Waals surface area contributed by atoms with Crippen molar-refractivity contribution in [2.45, 2.75) is 32.4 Å². The van der Waals surface area contributed by atoms with E-state index in [2.05, 4.69) is 20.4 Å². The van der Waals surface area contributed by atoms with E-state index in [4.69, 9.17) is 10.2 Å². The van der Waals surface area contributed by atoms with Crippen molar-refractivity contribution in [1.29, 1.82) is 0 Å². The second-order valence-corrected chi connectivity index (χ2v) is 6.24. The first-order chi connectivity index (χ1) is 14.8. The van der Waals surface area contributed by atoms with E-state index in [1.54, 1.807) is 36.0 Å². The van der Waals surface area contributed by atoms with Crippen LogP contribution >= 0.6 is 0 Å². The number of aromatic nitrogens is 3. The first kappa shape index (κ1) is 23.1. The van der Waals surface area contributed by atoms with Crippen molar-refractivity contribution >= 4 is 23.9 Å². The summed E-state index contributed by atoms with van der Waals surface area (Å²) in [5.74, 6) is -1.79. The number of aliphatic carboxylic acids is 2. The molecule has 0 saturated carbocycles. The summed E-state index contributed by atoms with van der Waals surface area (Å²) < 4.78 is 3.75. The molecule has 164 valence electrons. The standard InChI is InChI=1S/C18H21N7O6/c1-2-15(22-20-13-3-6-23(7-4-13)8-5-16(26)27)21-19-11-14(17(28)29)24-9-10-25(12-24)18(30)31/h3-4,6-7,9-10,12,14H,2,5,8,11H2,1H3,(H2-,26,27,28,29,30,31)/p+1. The third-order valence-corrected chi connectivity index (χ3v) is 4.02. The second kappa shape index (κ2) is 11.1. The van der Waals surface area contributed by atoms with Crippen molar-refractivity contribution < 1.29 is 34.3 Å². The van der Waals surface area contributed by atoms with E-state index >= 15 is 0 Å². The highest BCUT2D eigenvalue weighted by molar-refractivity contribution is 5.82. The lowest BCUT2D eigenvalue weighted by Gasteiger charge is -2.04. The molecule has 3 N–H and O–H groups in total. The molecule has 1 unspecified atom stereocenters. The van der Waals surface area contributed by atoms with Gasteiger partial charge in [-0.15, -0.1) is 19.9 Å². The van der Waals surface area contributed by atoms with E-state index in [-0.39, 0.29) is 18.8 Å². The van der Waals surface area contributed by atoms with Crippen molar-refractivity contribution in [3.05, 3.63) is 48.6 Å². The maximum absolute atomic E-state index is 11.5. The predicted molar refractivity (Wildman–Crippen MR) is 104 cm³/mol. The molecule has 0 bridgehead atoms. The molecule has 2 heterocycles. The Bertz CT molecular complexity index is 1050. The number of nitrogens with zero attached hydrogens (tertiary/aromatic N) is 7. The molecule has 0 spiro atoms. The highest BCUT2D eigenvalue weighted by Gasteiger charge is 2.26. The number of hydrogen-bond donors (Lipinski definition) is 3. The number of hydrogen-bond acceptors (Lipinski definition) is 6. The van der Waals surface area contributed by atoms with E-state index < -0.39 is 24.1 Å². The van der Waals surface area contributed by atoms with E-state index in [0.717, 1.165) is 10.9 Å². The van der Waals surface area contributed by atoms with Gasteiger partial charge < -0.3 is 19.9 Å². The van der Waals surface area contributed by atoms with Gasteiger partial charge in [0.15, 0.2) is 5.84 Å². The smallest absolute Gasteiger partial charge is 0.481 e. The van der Waals surface area contributed by atoms with Gasteiger partial charge in [-0.2, -0.15) is 9.91 Å². The molecular formula is C18H22N7O6+. The minimum atomic E-state index is -1.24. The van der Waals surface area contributed by atoms with Crippen LogP contribution in [0.4, 0.5) is 4.79 Å². The van der Waals surface area contributed by atoms with Crippen LogP contribution in [0.2, 0.25) is 0 Å². The molecule has 13 nitrogen and oxygen atoms in total. The van der Waals surface area contributed by atoms with Crippen molar-refractivity contribution in [2.75, 3.05) is 6.54 Å². The molecule has 0 saturated heterocycles. The fourth-order valence-electron chi connectivity index (χ4n) is 2.33. The summed E-state index contributed by atoms with van der Waals surface area (Å²) in [7, 11) is 0. The maximum Gasteiger partial charge on any atom is 0.509 e. The zero-order chi connectivity index (χ0) is 22.8. The van der Waals surface area contributed by atoms with Gasteiger partial charge in [0.05, 0.1) is 11.8 Å². The van der Waals surface area contributed by atoms with E-state index in [1.807, 2.05) is 0 Å². The van der Waals surface area contributed by atoms with Gasteiger partial charge in [-0.05, 0) is 12.1 Å². The average molecular weight is 432 g/mol. The number of pyridine rings is 1. The van der Waals surface area contributed by atoms with E-state index in [1.165, 1.54) is 17.0 Å². The van der Waals surface area contributed by atoms with Gasteiger partial charge in [0.1, 0.15) is 18.9 Å². The Morgan fingerprint density at radius 2 is 1.84 bits per heavy atom. The lowest BCUT2D eigenvalue weighted by molar-refractivity contribution is -0.707. The molecule has 0 aliphatic rings. The van der Waals surface area contributed by atoms with Gasteiger partial charge in [-0.3, -0.25) is 4.79 Å². The Morgan fingerprint density at radius 1 is 1.13 bits per heavy atom. The van der Waals surface area contributed by atoms with Crippen LogP contribution in [0.25, 0.3) is 0 Å². The number of azo groups is 1. The number of aryl methyl sites for hydroxylation is 1. The summed E-state index contributed by atoms with van der Waals surface area (Å²) in [5.41, 5.74) is 0. The molecule has 2 aromatic heterocycles. The molecule has 0 fully saturated rings. The summed E-state index contributed by atoms with van der Waals surface area (Å²) in [6.07, 6.45) is 6.22. The summed E-state index contributed by atoms with van der Waals surface area (Å²) >= 11 is 0. The number of rotatable bonds is 9. The lowest BCUT2D eigenvalue weighted by Crippen LogP contribution is -2.44. The summed E-state index contributed by atoms with van der Waals surface area (Å²) in [6.45, 7) is 1.90. The molecule has 13 heteroatoms. The summed E-state index contributed by atoms with van der Waals surface area (Å²) in [4.78, 5) is 33.0. The fraction of sp³-hybridized carbons (Fsp3) is 0.333. The van der Waals surface area contributed by atoms with Gasteiger partial charge in [0.2, 0.25) is 6.04 Å². The molecule has 0 radical (unpaired) electrons. The van der Waals surface area contributed by atoms with Gasteiger partial charge in [-0.25, -0.2) is 9.36 Å². The quantitative estimate of drug-likeness (QED) is 0.175. The molecule has 0 aliphatic heterocycles. The molecule has 0 aromatic carbocycles. The SMILES string of the molecule is CCC(N=NCC(C(=O)O)[n+]1ccn(C(=O)O)c1)=NN=c1ccn(CCC(=O)O)cc1. The molecule has 31 heavy (non-hydrogen) atoms. The highest BCUT2D eigenvalue weighted by Crippen LogP contribution is 2.01. The zero-order valence-corrected chi connectivity index (χ0v) is 16.6. The van der Waals surface area contributed by atoms with Gasteiger partial charge in [0, 0.05) is 25.4 Å². The third kappa shape index (κ3) is 7.30. The monoisotopic (exact) mass is 432 g/mol. The van der Waals surface area contributed by atoms with Crippen LogP contribution in [0.1, 0.15) is 25.8 Å². The van der Waals surface area contributed by atoms with Crippen LogP contribution in [0.15, 0.2) is 63.7 Å². The largest absolute Gasteiger partial charge is 0.509 e. The topological polar surface area (TPSA) is 175 Å². The van der Waals surface area contributed by atoms with Crippen LogP contribution in [0.3, 0.4) is 0 Å². The minimum absolute atomic E-state index is 0.0102. The van der Waals surface area contributed by atoms with E-state index in [0.29, 0.717) is 18.3 Å². The third-order valence-electron chi connectivity index (χ3n) is 4.02. The lowest BCUT2D eigenvalue weighted by atomic mass is 10.3. The number of carbonyl (C=O) groups is 3. The van der Waals surface area contributed by atoms with E-state index in [9.17, 15) is 19.5 Å². The van der Waals surface area contributed by atoms with Crippen LogP contribution in [0, 0.1) is 0 Å². The van der Waals surface area contributed by atoms with Crippen LogP contribution in [-0.4, -0.2) is 54.9 Å². The Labute approximate surface area is 175 Å². The maximum atomic E-state index is 11.5. The Balaban J connectivity index is 2.06. The first-order valence-electron chi connectivity index (χ1n) is 9.21. The normalized spacial score (nSPS) is 12.6. The fourth-order valence-corrected chi connectivity index (χ4v) is 2.33. The number of amidine groups is 1. The molecule has 0 amide bonds. The van der Waals surface area contributed by atoms with Crippen molar-refractivity contribution in [3.8, 4) is 0 Å². The Morgan fingerprint density at radius 3 is 2.39 bits per heavy atom. The molecule has 0 aliphatic carbocycles. The second-order valence-electron chi connectivity index (χ2n) is 6.24. The van der Waals surface area contributed by atoms with Crippen molar-refractivity contribution in [1.82, 2.24) is 9.13 Å². The van der Waals surface area contributed by atoms with Crippen molar-refractivity contribution in [2.24, 2.45) is 20.4 Å². The molecule has 1 atom stereocenters. The minimum Gasteiger partial charge on any atom is -0.481 e. The van der Waals surface area contributed by atoms with Crippen LogP contribution in [0.5, 0.6) is 0 Å². The number of carboxylic acids is 2. The van der Waals surface area contributed by atoms with Gasteiger partial charge in [0.25, 0.3) is 6.33 Å². The number of imidazole rings is 1. The van der Waals surface area contributed by atoms with Crippen molar-refractivity contribution in [3.63, 3.8) is 0 Å². The Hall–Kier alpha value is -4.16. The molecule has 2 aromatic rings. The molecular weight excluding hydrogens is 410 g/mol.